The second-order valence-corrected chi connectivity index (χ2v) is 4.85. The SMILES string of the molecule is CCSc1c(N)cnc2cc(Cl)ccc12.Cl. The van der Waals surface area contributed by atoms with E-state index in [1.807, 2.05) is 18.2 Å². The van der Waals surface area contributed by atoms with Crippen molar-refractivity contribution in [2.45, 2.75) is 11.8 Å². The molecule has 5 heteroatoms. The van der Waals surface area contributed by atoms with Gasteiger partial charge in [0.2, 0.25) is 0 Å². The van der Waals surface area contributed by atoms with Gasteiger partial charge in [0.05, 0.1) is 17.4 Å². The lowest BCUT2D eigenvalue weighted by molar-refractivity contribution is 1.35. The van der Waals surface area contributed by atoms with Gasteiger partial charge in [0, 0.05) is 15.3 Å². The molecule has 2 N–H and O–H groups in total. The third kappa shape index (κ3) is 2.54. The highest BCUT2D eigenvalue weighted by Crippen LogP contribution is 2.32. The highest BCUT2D eigenvalue weighted by molar-refractivity contribution is 7.99. The van der Waals surface area contributed by atoms with Gasteiger partial charge < -0.3 is 5.73 Å². The van der Waals surface area contributed by atoms with E-state index < -0.39 is 0 Å². The van der Waals surface area contributed by atoms with Crippen LogP contribution in [0.15, 0.2) is 29.3 Å². The molecule has 2 aromatic rings. The summed E-state index contributed by atoms with van der Waals surface area (Å²) >= 11 is 7.64. The van der Waals surface area contributed by atoms with Gasteiger partial charge in [-0.25, -0.2) is 0 Å². The number of nitrogens with two attached hydrogens (primary N) is 1. The molecule has 0 fully saturated rings. The zero-order valence-electron chi connectivity index (χ0n) is 8.74. The summed E-state index contributed by atoms with van der Waals surface area (Å²) in [6.45, 7) is 2.10. The number of fused-ring (bicyclic) bond motifs is 1. The number of aromatic nitrogens is 1. The summed E-state index contributed by atoms with van der Waals surface area (Å²) in [5.74, 6) is 0.992. The first-order valence-electron chi connectivity index (χ1n) is 4.69. The largest absolute Gasteiger partial charge is 0.397 e. The predicted molar refractivity (Wildman–Crippen MR) is 74.8 cm³/mol. The molecule has 0 aliphatic carbocycles. The first-order chi connectivity index (χ1) is 7.22. The second-order valence-electron chi connectivity index (χ2n) is 3.14. The zero-order valence-corrected chi connectivity index (χ0v) is 11.1. The standard InChI is InChI=1S/C11H11ClN2S.ClH/c1-2-15-11-8-4-3-7(12)5-10(8)14-6-9(11)13;/h3-6H,2,13H2,1H3;1H. The van der Waals surface area contributed by atoms with E-state index in [9.17, 15) is 0 Å². The molecular weight excluding hydrogens is 263 g/mol. The molecule has 0 aliphatic heterocycles. The van der Waals surface area contributed by atoms with Crippen molar-refractivity contribution in [2.75, 3.05) is 11.5 Å². The molecule has 0 unspecified atom stereocenters. The summed E-state index contributed by atoms with van der Waals surface area (Å²) in [4.78, 5) is 5.36. The average Bonchev–Trinajstić information content (AvgIpc) is 2.22. The van der Waals surface area contributed by atoms with Gasteiger partial charge in [0.1, 0.15) is 0 Å². The van der Waals surface area contributed by atoms with Crippen molar-refractivity contribution in [3.63, 3.8) is 0 Å². The zero-order chi connectivity index (χ0) is 10.8. The van der Waals surface area contributed by atoms with Crippen LogP contribution in [0.25, 0.3) is 10.9 Å². The number of pyridine rings is 1. The Bertz CT molecular complexity index is 503. The number of nitrogen functional groups attached to an aromatic ring is 1. The highest BCUT2D eigenvalue weighted by Gasteiger charge is 2.06. The van der Waals surface area contributed by atoms with Crippen LogP contribution in [0.5, 0.6) is 0 Å². The monoisotopic (exact) mass is 274 g/mol. The van der Waals surface area contributed by atoms with Gasteiger partial charge in [-0.05, 0) is 17.9 Å². The van der Waals surface area contributed by atoms with Crippen molar-refractivity contribution in [3.8, 4) is 0 Å². The molecule has 16 heavy (non-hydrogen) atoms. The number of hydrogen-bond acceptors (Lipinski definition) is 3. The summed E-state index contributed by atoms with van der Waals surface area (Å²) in [7, 11) is 0. The quantitative estimate of drug-likeness (QED) is 0.842. The fourth-order valence-corrected chi connectivity index (χ4v) is 2.46. The van der Waals surface area contributed by atoms with Crippen LogP contribution >= 0.6 is 35.8 Å². The van der Waals surface area contributed by atoms with Gasteiger partial charge in [-0.15, -0.1) is 24.2 Å². The number of benzene rings is 1. The van der Waals surface area contributed by atoms with Gasteiger partial charge in [0.15, 0.2) is 0 Å². The van der Waals surface area contributed by atoms with Crippen molar-refractivity contribution in [1.29, 1.82) is 0 Å². The smallest absolute Gasteiger partial charge is 0.0729 e. The maximum Gasteiger partial charge on any atom is 0.0729 e. The van der Waals surface area contributed by atoms with E-state index in [2.05, 4.69) is 11.9 Å². The molecule has 1 aromatic heterocycles. The molecule has 2 nitrogen and oxygen atoms in total. The lowest BCUT2D eigenvalue weighted by atomic mass is 10.2. The Hall–Kier alpha value is -0.640. The van der Waals surface area contributed by atoms with Crippen LogP contribution in [0.3, 0.4) is 0 Å². The van der Waals surface area contributed by atoms with E-state index in [4.69, 9.17) is 17.3 Å². The summed E-state index contributed by atoms with van der Waals surface area (Å²) in [6, 6.07) is 5.69. The molecule has 86 valence electrons. The number of thioether (sulfide) groups is 1. The fourth-order valence-electron chi connectivity index (χ4n) is 1.46. The minimum atomic E-state index is 0. The molecule has 0 saturated carbocycles. The van der Waals surface area contributed by atoms with Crippen molar-refractivity contribution in [2.24, 2.45) is 0 Å². The third-order valence-corrected chi connectivity index (χ3v) is 3.37. The fraction of sp³-hybridized carbons (Fsp3) is 0.182. The Labute approximate surface area is 110 Å². The lowest BCUT2D eigenvalue weighted by Crippen LogP contribution is -1.92. The summed E-state index contributed by atoms with van der Waals surface area (Å²) in [5, 5.41) is 1.78. The second kappa shape index (κ2) is 5.62. The Morgan fingerprint density at radius 2 is 2.19 bits per heavy atom. The first kappa shape index (κ1) is 13.4. The Morgan fingerprint density at radius 1 is 1.44 bits per heavy atom. The van der Waals surface area contributed by atoms with Crippen LogP contribution in [0.4, 0.5) is 5.69 Å². The summed E-state index contributed by atoms with van der Waals surface area (Å²) in [6.07, 6.45) is 1.69. The van der Waals surface area contributed by atoms with Crippen LogP contribution in [0.1, 0.15) is 6.92 Å². The first-order valence-corrected chi connectivity index (χ1v) is 6.05. The maximum atomic E-state index is 5.91. The number of anilines is 1. The van der Waals surface area contributed by atoms with Crippen molar-refractivity contribution < 1.29 is 0 Å². The van der Waals surface area contributed by atoms with Gasteiger partial charge >= 0.3 is 0 Å². The van der Waals surface area contributed by atoms with Crippen LogP contribution in [-0.4, -0.2) is 10.7 Å². The molecule has 1 aromatic carbocycles. The van der Waals surface area contributed by atoms with E-state index in [1.54, 1.807) is 18.0 Å². The maximum absolute atomic E-state index is 5.91. The number of hydrogen-bond donors (Lipinski definition) is 1. The lowest BCUT2D eigenvalue weighted by Gasteiger charge is -2.07. The average molecular weight is 275 g/mol. The molecule has 0 bridgehead atoms. The number of halogens is 2. The van der Waals surface area contributed by atoms with E-state index in [-0.39, 0.29) is 12.4 Å². The molecule has 0 aliphatic rings. The molecule has 0 atom stereocenters. The van der Waals surface area contributed by atoms with Crippen molar-refractivity contribution >= 4 is 52.4 Å². The molecular formula is C11H12Cl2N2S. The summed E-state index contributed by atoms with van der Waals surface area (Å²) in [5.41, 5.74) is 7.52. The minimum absolute atomic E-state index is 0. The molecule has 0 spiro atoms. The molecule has 0 amide bonds. The van der Waals surface area contributed by atoms with Crippen LogP contribution in [-0.2, 0) is 0 Å². The topological polar surface area (TPSA) is 38.9 Å². The number of rotatable bonds is 2. The van der Waals surface area contributed by atoms with E-state index in [0.717, 1.165) is 27.2 Å². The molecule has 1 heterocycles. The normalized spacial score (nSPS) is 10.1. The third-order valence-electron chi connectivity index (χ3n) is 2.10. The Balaban J connectivity index is 0.00000128. The number of nitrogens with zero attached hydrogens (tertiary/aromatic N) is 1. The van der Waals surface area contributed by atoms with E-state index in [0.29, 0.717) is 5.02 Å². The van der Waals surface area contributed by atoms with Crippen molar-refractivity contribution in [3.05, 3.63) is 29.4 Å². The molecule has 2 rings (SSSR count). The van der Waals surface area contributed by atoms with Gasteiger partial charge in [-0.2, -0.15) is 0 Å². The van der Waals surface area contributed by atoms with Crippen LogP contribution < -0.4 is 5.73 Å². The minimum Gasteiger partial charge on any atom is -0.397 e. The molecule has 0 saturated heterocycles. The van der Waals surface area contributed by atoms with Crippen LogP contribution in [0.2, 0.25) is 5.02 Å². The highest BCUT2D eigenvalue weighted by atomic mass is 35.5. The van der Waals surface area contributed by atoms with Gasteiger partial charge in [-0.3, -0.25) is 4.98 Å². The van der Waals surface area contributed by atoms with E-state index in [1.165, 1.54) is 0 Å². The Morgan fingerprint density at radius 3 is 2.88 bits per heavy atom. The summed E-state index contributed by atoms with van der Waals surface area (Å²) < 4.78 is 0. The van der Waals surface area contributed by atoms with Crippen LogP contribution in [0, 0.1) is 0 Å². The van der Waals surface area contributed by atoms with E-state index >= 15 is 0 Å². The van der Waals surface area contributed by atoms with Crippen molar-refractivity contribution in [1.82, 2.24) is 4.98 Å². The predicted octanol–water partition coefficient (Wildman–Crippen LogP) is 4.00. The van der Waals surface area contributed by atoms with Gasteiger partial charge in [-0.1, -0.05) is 24.6 Å². The Kier molecular flexibility index (Phi) is 4.71. The molecule has 0 radical (unpaired) electrons. The van der Waals surface area contributed by atoms with Gasteiger partial charge in [0.25, 0.3) is 0 Å².